The summed E-state index contributed by atoms with van der Waals surface area (Å²) in [6.07, 6.45) is 1.03. The highest BCUT2D eigenvalue weighted by Gasteiger charge is 2.33. The monoisotopic (exact) mass is 178 g/mol. The predicted molar refractivity (Wildman–Crippen MR) is 51.1 cm³/mol. The van der Waals surface area contributed by atoms with Crippen LogP contribution in [0.2, 0.25) is 0 Å². The molecule has 2 rings (SSSR count). The summed E-state index contributed by atoms with van der Waals surface area (Å²) in [4.78, 5) is 0. The Hall–Kier alpha value is -0.860. The van der Waals surface area contributed by atoms with Crippen molar-refractivity contribution in [2.24, 2.45) is 0 Å². The number of benzene rings is 1. The number of hydroxylamine groups is 3. The van der Waals surface area contributed by atoms with E-state index in [2.05, 4.69) is 19.1 Å². The van der Waals surface area contributed by atoms with Crippen molar-refractivity contribution in [3.8, 4) is 0 Å². The Morgan fingerprint density at radius 2 is 1.77 bits per heavy atom. The highest BCUT2D eigenvalue weighted by molar-refractivity contribution is 5.27. The molecule has 0 saturated carbocycles. The Morgan fingerprint density at radius 3 is 2.23 bits per heavy atom. The summed E-state index contributed by atoms with van der Waals surface area (Å²) in [6.45, 7) is 4.53. The van der Waals surface area contributed by atoms with Gasteiger partial charge < -0.3 is 0 Å². The van der Waals surface area contributed by atoms with Crippen LogP contribution in [0.5, 0.6) is 0 Å². The minimum Gasteiger partial charge on any atom is -0.216 e. The number of hydrogen-bond acceptors (Lipinski definition) is 1. The summed E-state index contributed by atoms with van der Waals surface area (Å²) in [6, 6.07) is 8.31. The van der Waals surface area contributed by atoms with Gasteiger partial charge in [0.1, 0.15) is 19.6 Å². The second-order valence-corrected chi connectivity index (χ2v) is 3.90. The van der Waals surface area contributed by atoms with Gasteiger partial charge in [0.05, 0.1) is 0 Å². The molecular weight excluding hydrogens is 162 g/mol. The molecule has 1 N–H and O–H groups in total. The predicted octanol–water partition coefficient (Wildman–Crippen LogP) is 2.32. The molecule has 13 heavy (non-hydrogen) atoms. The molecule has 2 heteroatoms. The summed E-state index contributed by atoms with van der Waals surface area (Å²) in [7, 11) is 0. The highest BCUT2D eigenvalue weighted by Crippen LogP contribution is 2.27. The molecule has 0 atom stereocenters. The summed E-state index contributed by atoms with van der Waals surface area (Å²) < 4.78 is 0.204. The maximum atomic E-state index is 10.2. The van der Waals surface area contributed by atoms with Gasteiger partial charge in [0.25, 0.3) is 0 Å². The van der Waals surface area contributed by atoms with Crippen LogP contribution in [-0.4, -0.2) is 16.4 Å². The van der Waals surface area contributed by atoms with Crippen LogP contribution in [0, 0.1) is 0 Å². The fourth-order valence-corrected chi connectivity index (χ4v) is 2.13. The Labute approximate surface area is 79.0 Å². The van der Waals surface area contributed by atoms with Gasteiger partial charge in [0.15, 0.2) is 0 Å². The van der Waals surface area contributed by atoms with Gasteiger partial charge in [0.2, 0.25) is 0 Å². The van der Waals surface area contributed by atoms with E-state index in [1.807, 2.05) is 12.1 Å². The normalized spacial score (nSPS) is 18.6. The highest BCUT2D eigenvalue weighted by atomic mass is 16.5. The van der Waals surface area contributed by atoms with Crippen molar-refractivity contribution < 1.29 is 9.85 Å². The van der Waals surface area contributed by atoms with Crippen LogP contribution in [0.15, 0.2) is 24.3 Å². The molecule has 2 nitrogen and oxygen atoms in total. The van der Waals surface area contributed by atoms with Gasteiger partial charge >= 0.3 is 0 Å². The molecule has 0 fully saturated rings. The fourth-order valence-electron chi connectivity index (χ4n) is 2.13. The van der Waals surface area contributed by atoms with E-state index >= 15 is 0 Å². The van der Waals surface area contributed by atoms with E-state index in [1.54, 1.807) is 0 Å². The van der Waals surface area contributed by atoms with Crippen LogP contribution in [0.3, 0.4) is 0 Å². The first-order valence-corrected chi connectivity index (χ1v) is 4.89. The van der Waals surface area contributed by atoms with Crippen molar-refractivity contribution in [2.45, 2.75) is 26.4 Å². The second kappa shape index (κ2) is 3.13. The van der Waals surface area contributed by atoms with Gasteiger partial charge in [-0.25, -0.2) is 5.21 Å². The van der Waals surface area contributed by atoms with Crippen molar-refractivity contribution in [2.75, 3.05) is 6.54 Å². The van der Waals surface area contributed by atoms with Crippen LogP contribution >= 0.6 is 0 Å². The number of fused-ring (bicyclic) bond motifs is 1. The van der Waals surface area contributed by atoms with Crippen molar-refractivity contribution >= 4 is 0 Å². The van der Waals surface area contributed by atoms with Gasteiger partial charge in [-0.3, -0.25) is 0 Å². The molecule has 0 aromatic heterocycles. The lowest BCUT2D eigenvalue weighted by Gasteiger charge is -2.23. The van der Waals surface area contributed by atoms with Crippen molar-refractivity contribution in [1.82, 2.24) is 0 Å². The molecule has 0 aliphatic carbocycles. The Bertz CT molecular complexity index is 284. The van der Waals surface area contributed by atoms with Crippen molar-refractivity contribution in [3.63, 3.8) is 0 Å². The first-order valence-electron chi connectivity index (χ1n) is 4.89. The lowest BCUT2D eigenvalue weighted by Crippen LogP contribution is -2.39. The van der Waals surface area contributed by atoms with E-state index in [4.69, 9.17) is 0 Å². The molecule has 0 radical (unpaired) electrons. The molecule has 70 valence electrons. The fraction of sp³-hybridized carbons (Fsp3) is 0.455. The van der Waals surface area contributed by atoms with E-state index in [1.165, 1.54) is 11.1 Å². The standard InChI is InChI=1S/C11H16NO/c1-2-7-12(13)8-10-5-3-4-6-11(10)9-12/h3-6,13H,2,7-9H2,1H3/q+1. The second-order valence-electron chi connectivity index (χ2n) is 3.90. The molecule has 1 heterocycles. The molecule has 1 aliphatic heterocycles. The zero-order valence-electron chi connectivity index (χ0n) is 8.03. The third-order valence-corrected chi connectivity index (χ3v) is 2.69. The van der Waals surface area contributed by atoms with E-state index < -0.39 is 0 Å². The third kappa shape index (κ3) is 1.60. The van der Waals surface area contributed by atoms with Gasteiger partial charge in [-0.1, -0.05) is 31.2 Å². The smallest absolute Gasteiger partial charge is 0.135 e. The van der Waals surface area contributed by atoms with Crippen LogP contribution in [0.4, 0.5) is 0 Å². The zero-order chi connectivity index (χ0) is 9.31. The molecule has 1 aromatic rings. The van der Waals surface area contributed by atoms with Crippen molar-refractivity contribution in [3.05, 3.63) is 35.4 Å². The molecule has 0 amide bonds. The summed E-state index contributed by atoms with van der Waals surface area (Å²) in [5.74, 6) is 0. The van der Waals surface area contributed by atoms with Gasteiger partial charge in [-0.15, -0.1) is 0 Å². The van der Waals surface area contributed by atoms with Crippen LogP contribution in [0.25, 0.3) is 0 Å². The lowest BCUT2D eigenvalue weighted by molar-refractivity contribution is -1.12. The average molecular weight is 178 g/mol. The molecule has 1 aromatic carbocycles. The number of rotatable bonds is 2. The van der Waals surface area contributed by atoms with Crippen LogP contribution in [0.1, 0.15) is 24.5 Å². The topological polar surface area (TPSA) is 20.2 Å². The van der Waals surface area contributed by atoms with Crippen LogP contribution in [-0.2, 0) is 13.1 Å². The van der Waals surface area contributed by atoms with Gasteiger partial charge in [-0.2, -0.15) is 4.65 Å². The average Bonchev–Trinajstić information content (AvgIpc) is 2.40. The maximum absolute atomic E-state index is 10.2. The van der Waals surface area contributed by atoms with E-state index in [0.29, 0.717) is 0 Å². The van der Waals surface area contributed by atoms with E-state index in [0.717, 1.165) is 26.1 Å². The Morgan fingerprint density at radius 1 is 1.23 bits per heavy atom. The molecular formula is C11H16NO+. The molecule has 0 unspecified atom stereocenters. The first kappa shape index (κ1) is 8.73. The van der Waals surface area contributed by atoms with Gasteiger partial charge in [0, 0.05) is 11.1 Å². The minimum atomic E-state index is 0.204. The number of hydrogen-bond donors (Lipinski definition) is 1. The largest absolute Gasteiger partial charge is 0.216 e. The van der Waals surface area contributed by atoms with E-state index in [9.17, 15) is 5.21 Å². The maximum Gasteiger partial charge on any atom is 0.135 e. The third-order valence-electron chi connectivity index (χ3n) is 2.69. The number of nitrogens with zero attached hydrogens (tertiary/aromatic N) is 1. The SMILES string of the molecule is CCC[N+]1(O)Cc2ccccc2C1. The summed E-state index contributed by atoms with van der Waals surface area (Å²) in [5.41, 5.74) is 2.61. The first-order chi connectivity index (χ1) is 6.23. The summed E-state index contributed by atoms with van der Waals surface area (Å²) >= 11 is 0. The molecule has 0 bridgehead atoms. The quantitative estimate of drug-likeness (QED) is 0.689. The Balaban J connectivity index is 2.21. The van der Waals surface area contributed by atoms with Crippen molar-refractivity contribution in [1.29, 1.82) is 0 Å². The molecule has 0 spiro atoms. The number of quaternary nitrogens is 1. The van der Waals surface area contributed by atoms with Crippen LogP contribution < -0.4 is 0 Å². The molecule has 1 aliphatic rings. The minimum absolute atomic E-state index is 0.204. The summed E-state index contributed by atoms with van der Waals surface area (Å²) in [5, 5.41) is 10.2. The molecule has 0 saturated heterocycles. The zero-order valence-corrected chi connectivity index (χ0v) is 8.03. The lowest BCUT2D eigenvalue weighted by atomic mass is 10.1. The van der Waals surface area contributed by atoms with Gasteiger partial charge in [-0.05, 0) is 6.42 Å². The van der Waals surface area contributed by atoms with E-state index in [-0.39, 0.29) is 4.65 Å². The Kier molecular flexibility index (Phi) is 2.10.